The van der Waals surface area contributed by atoms with Crippen molar-refractivity contribution >= 4 is 40.5 Å². The summed E-state index contributed by atoms with van der Waals surface area (Å²) in [7, 11) is 2.70. The van der Waals surface area contributed by atoms with Gasteiger partial charge in [0.25, 0.3) is 5.91 Å². The molecule has 4 rings (SSSR count). The molecule has 9 heteroatoms. The number of benzene rings is 1. The molecule has 3 heterocycles. The van der Waals surface area contributed by atoms with E-state index < -0.39 is 30.0 Å². The van der Waals surface area contributed by atoms with Gasteiger partial charge in [0.15, 0.2) is 0 Å². The highest BCUT2D eigenvalue weighted by molar-refractivity contribution is 14.1. The second-order valence-electron chi connectivity index (χ2n) is 6.71. The Labute approximate surface area is 175 Å². The second kappa shape index (κ2) is 7.21. The fourth-order valence-corrected chi connectivity index (χ4v) is 4.53. The Bertz CT molecular complexity index is 931. The Hall–Kier alpha value is -2.40. The molecule has 146 valence electrons. The van der Waals surface area contributed by atoms with E-state index in [1.165, 1.54) is 25.4 Å². The van der Waals surface area contributed by atoms with Crippen LogP contribution in [-0.4, -0.2) is 53.0 Å². The van der Waals surface area contributed by atoms with Gasteiger partial charge in [-0.2, -0.15) is 0 Å². The van der Waals surface area contributed by atoms with Gasteiger partial charge in [-0.15, -0.1) is 0 Å². The number of fused-ring (bicyclic) bond motifs is 1. The zero-order valence-corrected chi connectivity index (χ0v) is 17.4. The molecule has 0 bridgehead atoms. The summed E-state index contributed by atoms with van der Waals surface area (Å²) in [6, 6.07) is 8.04. The Balaban J connectivity index is 1.84. The van der Waals surface area contributed by atoms with E-state index in [9.17, 15) is 14.4 Å². The number of carbonyl (C=O) groups excluding carboxylic acids is 3. The summed E-state index contributed by atoms with van der Waals surface area (Å²) in [6.07, 6.45) is 2.38. The van der Waals surface area contributed by atoms with E-state index in [1.807, 2.05) is 24.3 Å². The summed E-state index contributed by atoms with van der Waals surface area (Å²) in [5, 5.41) is 3.03. The molecule has 2 fully saturated rings. The van der Waals surface area contributed by atoms with Gasteiger partial charge in [0.05, 0.1) is 31.6 Å². The van der Waals surface area contributed by atoms with Crippen molar-refractivity contribution in [1.82, 2.24) is 14.9 Å². The lowest BCUT2D eigenvalue weighted by Crippen LogP contribution is -2.49. The topological polar surface area (TPSA) is 83.3 Å². The Morgan fingerprint density at radius 1 is 1.18 bits per heavy atom. The lowest BCUT2D eigenvalue weighted by Gasteiger charge is -2.33. The van der Waals surface area contributed by atoms with E-state index in [0.717, 1.165) is 19.6 Å². The number of likely N-dealkylation sites (N-methyl/N-ethyl adjacent to an activating group) is 1. The Morgan fingerprint density at radius 3 is 2.57 bits per heavy atom. The van der Waals surface area contributed by atoms with Crippen LogP contribution in [0, 0.1) is 9.49 Å². The number of methoxy groups -OCH3 is 1. The first-order valence-electron chi connectivity index (χ1n) is 8.66. The minimum Gasteiger partial charge on any atom is -0.472 e. The van der Waals surface area contributed by atoms with E-state index >= 15 is 0 Å². The van der Waals surface area contributed by atoms with Crippen LogP contribution in [0.25, 0.3) is 0 Å². The first-order valence-corrected chi connectivity index (χ1v) is 9.74. The number of imide groups is 1. The van der Waals surface area contributed by atoms with Crippen LogP contribution in [-0.2, 0) is 20.9 Å². The fraction of sp³-hybridized carbons (Fsp3) is 0.316. The van der Waals surface area contributed by atoms with Crippen molar-refractivity contribution in [1.29, 1.82) is 0 Å². The Morgan fingerprint density at radius 2 is 1.93 bits per heavy atom. The van der Waals surface area contributed by atoms with Crippen molar-refractivity contribution in [3.05, 3.63) is 57.6 Å². The first-order chi connectivity index (χ1) is 13.5. The lowest BCUT2D eigenvalue weighted by atomic mass is 9.91. The van der Waals surface area contributed by atoms with E-state index in [0.29, 0.717) is 6.54 Å². The summed E-state index contributed by atoms with van der Waals surface area (Å²) >= 11 is 2.22. The van der Waals surface area contributed by atoms with E-state index in [4.69, 9.17) is 9.15 Å². The normalized spacial score (nSPS) is 24.8. The van der Waals surface area contributed by atoms with Crippen molar-refractivity contribution in [2.24, 2.45) is 5.92 Å². The number of nitrogens with zero attached hydrogens (tertiary/aromatic N) is 3. The third-order valence-electron chi connectivity index (χ3n) is 5.28. The summed E-state index contributed by atoms with van der Waals surface area (Å²) in [4.78, 5) is 39.5. The highest BCUT2D eigenvalue weighted by Gasteiger charge is 2.63. The molecule has 2 saturated heterocycles. The average Bonchev–Trinajstić information content (AvgIpc) is 3.37. The monoisotopic (exact) mass is 495 g/mol. The molecule has 0 radical (unpaired) electrons. The number of hydrogen-bond acceptors (Lipinski definition) is 6. The van der Waals surface area contributed by atoms with Crippen LogP contribution in [0.15, 0.2) is 47.3 Å². The van der Waals surface area contributed by atoms with E-state index in [-0.39, 0.29) is 5.91 Å². The maximum atomic E-state index is 12.9. The molecule has 2 aliphatic heterocycles. The van der Waals surface area contributed by atoms with Gasteiger partial charge in [0.2, 0.25) is 5.91 Å². The van der Waals surface area contributed by atoms with Crippen LogP contribution >= 0.6 is 22.6 Å². The molecule has 8 nitrogen and oxygen atoms in total. The number of amides is 3. The van der Waals surface area contributed by atoms with E-state index in [1.54, 1.807) is 17.3 Å². The molecule has 1 aromatic carbocycles. The standard InChI is InChI=1S/C19H18IN3O5/c1-21-17(24)14-15(12-7-8-28-10-12)22(9-11-5-3-4-6-13(11)20)23(19(26)27-2)16(14)18(21)25/h3-8,10,14-16H,9H2,1-2H3/t14-,15+,16+/m1/s1. The molecular weight excluding hydrogens is 477 g/mol. The zero-order chi connectivity index (χ0) is 20.0. The van der Waals surface area contributed by atoms with Crippen LogP contribution < -0.4 is 0 Å². The number of likely N-dealkylation sites (tertiary alicyclic amines) is 1. The van der Waals surface area contributed by atoms with Crippen LogP contribution in [0.2, 0.25) is 0 Å². The van der Waals surface area contributed by atoms with Crippen molar-refractivity contribution in [2.75, 3.05) is 14.2 Å². The van der Waals surface area contributed by atoms with Gasteiger partial charge in [0, 0.05) is 22.7 Å². The number of ether oxygens (including phenoxy) is 1. The molecule has 0 saturated carbocycles. The summed E-state index contributed by atoms with van der Waals surface area (Å²) in [6.45, 7) is 0.335. The maximum absolute atomic E-state index is 12.9. The Kier molecular flexibility index (Phi) is 4.88. The largest absolute Gasteiger partial charge is 0.472 e. The molecule has 3 amide bonds. The van der Waals surface area contributed by atoms with Crippen molar-refractivity contribution in [2.45, 2.75) is 18.6 Å². The van der Waals surface area contributed by atoms with Crippen LogP contribution in [0.5, 0.6) is 0 Å². The van der Waals surface area contributed by atoms with Gasteiger partial charge in [-0.05, 0) is 40.3 Å². The van der Waals surface area contributed by atoms with Gasteiger partial charge in [-0.25, -0.2) is 14.8 Å². The molecule has 0 aliphatic carbocycles. The van der Waals surface area contributed by atoms with Gasteiger partial charge >= 0.3 is 6.09 Å². The average molecular weight is 495 g/mol. The molecule has 3 atom stereocenters. The summed E-state index contributed by atoms with van der Waals surface area (Å²) in [5.41, 5.74) is 1.70. The minimum atomic E-state index is -0.939. The second-order valence-corrected chi connectivity index (χ2v) is 7.87. The fourth-order valence-electron chi connectivity index (χ4n) is 3.97. The third-order valence-corrected chi connectivity index (χ3v) is 6.33. The maximum Gasteiger partial charge on any atom is 0.424 e. The summed E-state index contributed by atoms with van der Waals surface area (Å²) in [5.74, 6) is -1.46. The lowest BCUT2D eigenvalue weighted by molar-refractivity contribution is -0.143. The smallest absolute Gasteiger partial charge is 0.424 e. The van der Waals surface area contributed by atoms with Crippen molar-refractivity contribution in [3.63, 3.8) is 0 Å². The molecule has 2 aromatic rings. The van der Waals surface area contributed by atoms with E-state index in [2.05, 4.69) is 22.6 Å². The zero-order valence-electron chi connectivity index (χ0n) is 15.2. The number of rotatable bonds is 3. The molecule has 28 heavy (non-hydrogen) atoms. The number of carbonyl (C=O) groups is 3. The third kappa shape index (κ3) is 2.80. The van der Waals surface area contributed by atoms with Crippen LogP contribution in [0.3, 0.4) is 0 Å². The SMILES string of the molecule is COC(=O)N1[C@@H]2C(=O)N(C)C(=O)[C@@H]2[C@H](c2ccoc2)N1Cc1ccccc1I. The molecule has 0 spiro atoms. The molecule has 1 aromatic heterocycles. The van der Waals surface area contributed by atoms with Gasteiger partial charge in [0.1, 0.15) is 6.04 Å². The quantitative estimate of drug-likeness (QED) is 0.481. The van der Waals surface area contributed by atoms with Gasteiger partial charge in [-0.3, -0.25) is 14.5 Å². The molecular formula is C19H18IN3O5. The number of halogens is 1. The number of hydrogen-bond donors (Lipinski definition) is 0. The van der Waals surface area contributed by atoms with Gasteiger partial charge in [-0.1, -0.05) is 18.2 Å². The predicted molar refractivity (Wildman–Crippen MR) is 105 cm³/mol. The van der Waals surface area contributed by atoms with Crippen molar-refractivity contribution in [3.8, 4) is 0 Å². The first kappa shape index (κ1) is 18.9. The van der Waals surface area contributed by atoms with Crippen molar-refractivity contribution < 1.29 is 23.5 Å². The number of hydrazine groups is 1. The van der Waals surface area contributed by atoms with Crippen LogP contribution in [0.4, 0.5) is 4.79 Å². The summed E-state index contributed by atoms with van der Waals surface area (Å²) < 4.78 is 11.2. The molecule has 0 N–H and O–H groups in total. The highest BCUT2D eigenvalue weighted by Crippen LogP contribution is 2.47. The highest BCUT2D eigenvalue weighted by atomic mass is 127. The van der Waals surface area contributed by atoms with Gasteiger partial charge < -0.3 is 9.15 Å². The molecule has 0 unspecified atom stereocenters. The van der Waals surface area contributed by atoms with Crippen LogP contribution in [0.1, 0.15) is 17.2 Å². The minimum absolute atomic E-state index is 0.319. The number of furan rings is 1. The predicted octanol–water partition coefficient (Wildman–Crippen LogP) is 2.41. The molecule has 2 aliphatic rings.